The Kier molecular flexibility index (Phi) is 3.91. The first-order chi connectivity index (χ1) is 9.48. The van der Waals surface area contributed by atoms with Crippen molar-refractivity contribution in [1.82, 2.24) is 0 Å². The first kappa shape index (κ1) is 13.9. The van der Waals surface area contributed by atoms with E-state index in [1.165, 1.54) is 0 Å². The van der Waals surface area contributed by atoms with Gasteiger partial charge < -0.3 is 5.73 Å². The van der Waals surface area contributed by atoms with Gasteiger partial charge in [0.15, 0.2) is 0 Å². The van der Waals surface area contributed by atoms with E-state index in [-0.39, 0.29) is 5.75 Å². The molecular formula is C14H13N3O2S. The highest BCUT2D eigenvalue weighted by Gasteiger charge is 2.11. The molecule has 0 heterocycles. The van der Waals surface area contributed by atoms with Gasteiger partial charge in [0.05, 0.1) is 23.1 Å². The highest BCUT2D eigenvalue weighted by atomic mass is 32.2. The predicted octanol–water partition coefficient (Wildman–Crippen LogP) is 2.08. The van der Waals surface area contributed by atoms with Crippen LogP contribution in [0.2, 0.25) is 0 Å². The molecule has 0 atom stereocenters. The van der Waals surface area contributed by atoms with Gasteiger partial charge in [0.1, 0.15) is 0 Å². The van der Waals surface area contributed by atoms with Crippen molar-refractivity contribution in [3.8, 4) is 6.07 Å². The van der Waals surface area contributed by atoms with Crippen molar-refractivity contribution in [1.29, 1.82) is 5.26 Å². The van der Waals surface area contributed by atoms with Crippen LogP contribution in [0.4, 0.5) is 11.4 Å². The lowest BCUT2D eigenvalue weighted by Gasteiger charge is -2.08. The molecule has 0 saturated heterocycles. The maximum atomic E-state index is 12.0. The highest BCUT2D eigenvalue weighted by molar-refractivity contribution is 7.91. The number of nitrogen functional groups attached to an aromatic ring is 1. The second kappa shape index (κ2) is 5.63. The van der Waals surface area contributed by atoms with Gasteiger partial charge in [-0.25, -0.2) is 8.42 Å². The van der Waals surface area contributed by atoms with E-state index in [4.69, 9.17) is 11.0 Å². The van der Waals surface area contributed by atoms with Crippen LogP contribution in [0.15, 0.2) is 48.5 Å². The van der Waals surface area contributed by atoms with Gasteiger partial charge in [0.2, 0.25) is 10.0 Å². The lowest BCUT2D eigenvalue weighted by atomic mass is 10.2. The molecule has 0 spiro atoms. The van der Waals surface area contributed by atoms with Crippen molar-refractivity contribution in [3.05, 3.63) is 59.7 Å². The van der Waals surface area contributed by atoms with E-state index in [0.29, 0.717) is 22.5 Å². The van der Waals surface area contributed by atoms with Gasteiger partial charge in [-0.2, -0.15) is 5.26 Å². The zero-order valence-electron chi connectivity index (χ0n) is 10.6. The minimum atomic E-state index is -3.51. The quantitative estimate of drug-likeness (QED) is 0.841. The van der Waals surface area contributed by atoms with Crippen LogP contribution < -0.4 is 10.5 Å². The molecule has 0 aromatic heterocycles. The van der Waals surface area contributed by atoms with Crippen molar-refractivity contribution in [2.75, 3.05) is 10.5 Å². The number of nitriles is 1. The molecule has 0 aliphatic rings. The number of nitrogens with one attached hydrogen (secondary N) is 1. The van der Waals surface area contributed by atoms with Gasteiger partial charge in [-0.1, -0.05) is 18.2 Å². The lowest BCUT2D eigenvalue weighted by Crippen LogP contribution is -2.15. The van der Waals surface area contributed by atoms with Crippen molar-refractivity contribution in [3.63, 3.8) is 0 Å². The molecule has 2 aromatic rings. The van der Waals surface area contributed by atoms with Gasteiger partial charge in [0.25, 0.3) is 0 Å². The van der Waals surface area contributed by atoms with Crippen LogP contribution >= 0.6 is 0 Å². The normalized spacial score (nSPS) is 10.8. The largest absolute Gasteiger partial charge is 0.399 e. The molecule has 0 fully saturated rings. The maximum Gasteiger partial charge on any atom is 0.236 e. The Morgan fingerprint density at radius 3 is 2.45 bits per heavy atom. The lowest BCUT2D eigenvalue weighted by molar-refractivity contribution is 0.600. The van der Waals surface area contributed by atoms with Gasteiger partial charge in [-0.3, -0.25) is 4.72 Å². The van der Waals surface area contributed by atoms with Crippen molar-refractivity contribution >= 4 is 21.4 Å². The molecule has 0 bridgehead atoms. The molecule has 0 saturated carbocycles. The molecule has 20 heavy (non-hydrogen) atoms. The summed E-state index contributed by atoms with van der Waals surface area (Å²) in [5, 5.41) is 8.69. The van der Waals surface area contributed by atoms with Crippen LogP contribution in [0.5, 0.6) is 0 Å². The van der Waals surface area contributed by atoms with Crippen molar-refractivity contribution < 1.29 is 8.42 Å². The van der Waals surface area contributed by atoms with E-state index in [0.717, 1.165) is 0 Å². The van der Waals surface area contributed by atoms with Crippen LogP contribution in [0, 0.1) is 11.3 Å². The zero-order valence-corrected chi connectivity index (χ0v) is 11.4. The number of sulfonamides is 1. The smallest absolute Gasteiger partial charge is 0.236 e. The molecule has 2 rings (SSSR count). The Morgan fingerprint density at radius 1 is 1.15 bits per heavy atom. The molecule has 102 valence electrons. The standard InChI is InChI=1S/C14H13N3O2S/c15-9-11-4-6-12(7-5-11)10-20(18,19)17-14-3-1-2-13(16)8-14/h1-8,17H,10,16H2. The Balaban J connectivity index is 2.13. The molecule has 3 N–H and O–H groups in total. The summed E-state index contributed by atoms with van der Waals surface area (Å²) in [7, 11) is -3.51. The number of rotatable bonds is 4. The second-order valence-corrected chi connectivity index (χ2v) is 6.02. The fourth-order valence-corrected chi connectivity index (χ4v) is 2.90. The first-order valence-electron chi connectivity index (χ1n) is 5.83. The molecule has 0 aliphatic carbocycles. The van der Waals surface area contributed by atoms with Crippen LogP contribution in [0.3, 0.4) is 0 Å². The minimum Gasteiger partial charge on any atom is -0.399 e. The molecule has 2 aromatic carbocycles. The summed E-state index contributed by atoms with van der Waals surface area (Å²) >= 11 is 0. The molecule has 0 aliphatic heterocycles. The number of hydrogen-bond donors (Lipinski definition) is 2. The van der Waals surface area contributed by atoms with E-state index >= 15 is 0 Å². The Bertz CT molecular complexity index is 747. The Labute approximate surface area is 117 Å². The number of nitrogens with two attached hydrogens (primary N) is 1. The summed E-state index contributed by atoms with van der Waals surface area (Å²) in [4.78, 5) is 0. The summed E-state index contributed by atoms with van der Waals surface area (Å²) in [5.41, 5.74) is 7.62. The number of nitrogens with zero attached hydrogens (tertiary/aromatic N) is 1. The molecule has 0 unspecified atom stereocenters. The number of hydrogen-bond acceptors (Lipinski definition) is 4. The van der Waals surface area contributed by atoms with E-state index in [1.54, 1.807) is 48.5 Å². The first-order valence-corrected chi connectivity index (χ1v) is 7.49. The predicted molar refractivity (Wildman–Crippen MR) is 78.3 cm³/mol. The van der Waals surface area contributed by atoms with Crippen LogP contribution in [-0.4, -0.2) is 8.42 Å². The SMILES string of the molecule is N#Cc1ccc(CS(=O)(=O)Nc2cccc(N)c2)cc1. The zero-order chi connectivity index (χ0) is 14.6. The van der Waals surface area contributed by atoms with Crippen LogP contribution in [-0.2, 0) is 15.8 Å². The van der Waals surface area contributed by atoms with Gasteiger partial charge in [-0.15, -0.1) is 0 Å². The van der Waals surface area contributed by atoms with Crippen LogP contribution in [0.25, 0.3) is 0 Å². The van der Waals surface area contributed by atoms with E-state index < -0.39 is 10.0 Å². The number of anilines is 2. The minimum absolute atomic E-state index is 0.159. The Morgan fingerprint density at radius 2 is 1.85 bits per heavy atom. The summed E-state index contributed by atoms with van der Waals surface area (Å²) in [6, 6.07) is 14.9. The summed E-state index contributed by atoms with van der Waals surface area (Å²) in [5.74, 6) is -0.159. The molecule has 5 nitrogen and oxygen atoms in total. The van der Waals surface area contributed by atoms with E-state index in [2.05, 4.69) is 4.72 Å². The number of benzene rings is 2. The maximum absolute atomic E-state index is 12.0. The molecular weight excluding hydrogens is 274 g/mol. The molecule has 0 amide bonds. The fraction of sp³-hybridized carbons (Fsp3) is 0.0714. The third kappa shape index (κ3) is 3.73. The topological polar surface area (TPSA) is 96.0 Å². The van der Waals surface area contributed by atoms with E-state index in [9.17, 15) is 8.42 Å². The molecule has 6 heteroatoms. The van der Waals surface area contributed by atoms with Crippen molar-refractivity contribution in [2.24, 2.45) is 0 Å². The van der Waals surface area contributed by atoms with Crippen LogP contribution in [0.1, 0.15) is 11.1 Å². The van der Waals surface area contributed by atoms with Gasteiger partial charge in [-0.05, 0) is 35.9 Å². The monoisotopic (exact) mass is 287 g/mol. The third-order valence-electron chi connectivity index (χ3n) is 2.60. The second-order valence-electron chi connectivity index (χ2n) is 4.30. The van der Waals surface area contributed by atoms with Crippen molar-refractivity contribution in [2.45, 2.75) is 5.75 Å². The average molecular weight is 287 g/mol. The van der Waals surface area contributed by atoms with Gasteiger partial charge >= 0.3 is 0 Å². The van der Waals surface area contributed by atoms with E-state index in [1.807, 2.05) is 6.07 Å². The summed E-state index contributed by atoms with van der Waals surface area (Å²) < 4.78 is 26.5. The highest BCUT2D eigenvalue weighted by Crippen LogP contribution is 2.15. The Hall–Kier alpha value is -2.52. The fourth-order valence-electron chi connectivity index (χ4n) is 1.71. The molecule has 0 radical (unpaired) electrons. The summed E-state index contributed by atoms with van der Waals surface area (Å²) in [6.45, 7) is 0. The summed E-state index contributed by atoms with van der Waals surface area (Å²) in [6.07, 6.45) is 0. The van der Waals surface area contributed by atoms with Gasteiger partial charge in [0, 0.05) is 5.69 Å². The third-order valence-corrected chi connectivity index (χ3v) is 3.86. The average Bonchev–Trinajstić information content (AvgIpc) is 2.38.